The van der Waals surface area contributed by atoms with Gasteiger partial charge in [0.05, 0.1) is 32.8 Å². The number of aryl methyl sites for hydroxylation is 2. The van der Waals surface area contributed by atoms with Crippen LogP contribution >= 0.6 is 0 Å². The Balaban J connectivity index is 1.45. The molecule has 2 aliphatic rings. The summed E-state index contributed by atoms with van der Waals surface area (Å²) in [6, 6.07) is 14.9. The Morgan fingerprint density at radius 2 is 1.83 bits per heavy atom. The van der Waals surface area contributed by atoms with Gasteiger partial charge in [-0.05, 0) is 53.6 Å². The zero-order valence-corrected chi connectivity index (χ0v) is 18.1. The van der Waals surface area contributed by atoms with Crippen LogP contribution < -0.4 is 4.74 Å². The number of hydrogen-bond donors (Lipinski definition) is 0. The van der Waals surface area contributed by atoms with E-state index in [0.717, 1.165) is 44.0 Å². The van der Waals surface area contributed by atoms with Crippen LogP contribution in [0.15, 0.2) is 42.5 Å². The fourth-order valence-corrected chi connectivity index (χ4v) is 4.55. The summed E-state index contributed by atoms with van der Waals surface area (Å²) in [4.78, 5) is 17.3. The van der Waals surface area contributed by atoms with Crippen LogP contribution in [0.1, 0.15) is 34.7 Å². The molecule has 0 spiro atoms. The Morgan fingerprint density at radius 3 is 2.57 bits per heavy atom. The highest BCUT2D eigenvalue weighted by Crippen LogP contribution is 2.26. The van der Waals surface area contributed by atoms with Gasteiger partial charge in [0.15, 0.2) is 0 Å². The number of amides is 1. The number of likely N-dealkylation sites (N-methyl/N-ethyl adjacent to an activating group) is 1. The van der Waals surface area contributed by atoms with Crippen LogP contribution in [0.25, 0.3) is 0 Å². The van der Waals surface area contributed by atoms with E-state index in [1.54, 1.807) is 7.11 Å². The molecule has 1 amide bonds. The maximum atomic E-state index is 13.0. The first-order chi connectivity index (χ1) is 14.6. The van der Waals surface area contributed by atoms with Gasteiger partial charge in [0.2, 0.25) is 5.91 Å². The number of fused-ring (bicyclic) bond motifs is 1. The first-order valence-electron chi connectivity index (χ1n) is 10.9. The molecular formula is C25H32N2O3. The molecular weight excluding hydrogens is 376 g/mol. The Labute approximate surface area is 179 Å². The number of ether oxygens (including phenoxy) is 2. The van der Waals surface area contributed by atoms with Crippen molar-refractivity contribution >= 4 is 5.91 Å². The van der Waals surface area contributed by atoms with E-state index in [0.29, 0.717) is 13.0 Å². The van der Waals surface area contributed by atoms with Gasteiger partial charge in [-0.2, -0.15) is 0 Å². The molecule has 1 unspecified atom stereocenters. The number of methoxy groups -OCH3 is 1. The second-order valence-corrected chi connectivity index (χ2v) is 8.34. The molecule has 1 saturated heterocycles. The number of carbonyl (C=O) groups is 1. The third kappa shape index (κ3) is 4.85. The number of nitrogens with zero attached hydrogens (tertiary/aromatic N) is 2. The van der Waals surface area contributed by atoms with Gasteiger partial charge in [-0.15, -0.1) is 0 Å². The van der Waals surface area contributed by atoms with Crippen molar-refractivity contribution in [2.75, 3.05) is 47.0 Å². The lowest BCUT2D eigenvalue weighted by atomic mass is 10.0. The molecule has 30 heavy (non-hydrogen) atoms. The van der Waals surface area contributed by atoms with Gasteiger partial charge < -0.3 is 14.4 Å². The van der Waals surface area contributed by atoms with Gasteiger partial charge in [-0.25, -0.2) is 0 Å². The average molecular weight is 409 g/mol. The van der Waals surface area contributed by atoms with Crippen LogP contribution in [-0.2, 0) is 28.8 Å². The van der Waals surface area contributed by atoms with E-state index in [4.69, 9.17) is 9.47 Å². The second-order valence-electron chi connectivity index (χ2n) is 8.34. The highest BCUT2D eigenvalue weighted by molar-refractivity contribution is 5.78. The van der Waals surface area contributed by atoms with Gasteiger partial charge in [-0.3, -0.25) is 9.69 Å². The van der Waals surface area contributed by atoms with Gasteiger partial charge in [0.1, 0.15) is 5.75 Å². The summed E-state index contributed by atoms with van der Waals surface area (Å²) in [6.07, 6.45) is 4.01. The maximum absolute atomic E-state index is 13.0. The monoisotopic (exact) mass is 408 g/mol. The fraction of sp³-hybridized carbons (Fsp3) is 0.480. The Bertz CT molecular complexity index is 859. The minimum atomic E-state index is 0.147. The molecule has 1 aliphatic heterocycles. The molecule has 0 radical (unpaired) electrons. The van der Waals surface area contributed by atoms with Crippen molar-refractivity contribution in [3.05, 3.63) is 64.7 Å². The van der Waals surface area contributed by atoms with Crippen molar-refractivity contribution in [3.63, 3.8) is 0 Å². The molecule has 0 saturated carbocycles. The average Bonchev–Trinajstić information content (AvgIpc) is 3.26. The Hall–Kier alpha value is -2.37. The van der Waals surface area contributed by atoms with Gasteiger partial charge in [-0.1, -0.05) is 30.3 Å². The van der Waals surface area contributed by atoms with Crippen molar-refractivity contribution in [1.29, 1.82) is 0 Å². The molecule has 1 aliphatic carbocycles. The van der Waals surface area contributed by atoms with Crippen LogP contribution in [0.3, 0.4) is 0 Å². The van der Waals surface area contributed by atoms with Crippen LogP contribution in [-0.4, -0.2) is 62.7 Å². The van der Waals surface area contributed by atoms with Crippen LogP contribution in [0, 0.1) is 0 Å². The molecule has 160 valence electrons. The zero-order valence-electron chi connectivity index (χ0n) is 18.1. The van der Waals surface area contributed by atoms with Crippen molar-refractivity contribution in [3.8, 4) is 5.75 Å². The summed E-state index contributed by atoms with van der Waals surface area (Å²) in [5.74, 6) is 1.01. The number of carbonyl (C=O) groups excluding carboxylic acids is 1. The molecule has 4 rings (SSSR count). The number of hydrogen-bond acceptors (Lipinski definition) is 4. The zero-order chi connectivity index (χ0) is 20.9. The minimum Gasteiger partial charge on any atom is -0.497 e. The number of benzene rings is 2. The van der Waals surface area contributed by atoms with E-state index in [9.17, 15) is 4.79 Å². The van der Waals surface area contributed by atoms with E-state index >= 15 is 0 Å². The molecule has 1 atom stereocenters. The van der Waals surface area contributed by atoms with Gasteiger partial charge >= 0.3 is 0 Å². The molecule has 5 heteroatoms. The maximum Gasteiger partial charge on any atom is 0.226 e. The minimum absolute atomic E-state index is 0.147. The smallest absolute Gasteiger partial charge is 0.226 e. The van der Waals surface area contributed by atoms with E-state index in [2.05, 4.69) is 35.2 Å². The van der Waals surface area contributed by atoms with E-state index < -0.39 is 0 Å². The summed E-state index contributed by atoms with van der Waals surface area (Å²) in [5, 5.41) is 0. The van der Waals surface area contributed by atoms with Crippen molar-refractivity contribution in [2.45, 2.75) is 31.7 Å². The quantitative estimate of drug-likeness (QED) is 0.705. The summed E-state index contributed by atoms with van der Waals surface area (Å²) >= 11 is 0. The second kappa shape index (κ2) is 9.63. The normalized spacial score (nSPS) is 17.4. The largest absolute Gasteiger partial charge is 0.497 e. The first kappa shape index (κ1) is 20.9. The molecule has 1 heterocycles. The van der Waals surface area contributed by atoms with Crippen LogP contribution in [0.2, 0.25) is 0 Å². The van der Waals surface area contributed by atoms with Crippen molar-refractivity contribution in [2.24, 2.45) is 0 Å². The molecule has 2 aromatic carbocycles. The molecule has 0 aromatic heterocycles. The highest BCUT2D eigenvalue weighted by atomic mass is 16.5. The topological polar surface area (TPSA) is 42.0 Å². The number of morpholine rings is 1. The number of rotatable bonds is 7. The molecule has 5 nitrogen and oxygen atoms in total. The van der Waals surface area contributed by atoms with E-state index in [1.165, 1.54) is 29.5 Å². The molecule has 0 N–H and O–H groups in total. The molecule has 1 fully saturated rings. The van der Waals surface area contributed by atoms with E-state index in [-0.39, 0.29) is 11.9 Å². The van der Waals surface area contributed by atoms with Crippen LogP contribution in [0.5, 0.6) is 5.75 Å². The highest BCUT2D eigenvalue weighted by Gasteiger charge is 2.26. The lowest BCUT2D eigenvalue weighted by Gasteiger charge is -2.37. The molecule has 2 aromatic rings. The third-order valence-electron chi connectivity index (χ3n) is 6.38. The van der Waals surface area contributed by atoms with E-state index in [1.807, 2.05) is 24.1 Å². The van der Waals surface area contributed by atoms with Crippen molar-refractivity contribution in [1.82, 2.24) is 9.80 Å². The van der Waals surface area contributed by atoms with Crippen LogP contribution in [0.4, 0.5) is 0 Å². The Kier molecular flexibility index (Phi) is 6.70. The predicted octanol–water partition coefficient (Wildman–Crippen LogP) is 3.26. The summed E-state index contributed by atoms with van der Waals surface area (Å²) < 4.78 is 10.9. The SMILES string of the molecule is COc1ccc(C(CN(C)C(=O)Cc2ccc3c(c2)CCC3)N2CCOCC2)cc1. The summed E-state index contributed by atoms with van der Waals surface area (Å²) in [7, 11) is 3.60. The first-order valence-corrected chi connectivity index (χ1v) is 10.9. The standard InChI is InChI=1S/C25H32N2O3/c1-26(25(28)17-19-6-7-20-4-3-5-22(20)16-19)18-24(27-12-14-30-15-13-27)21-8-10-23(29-2)11-9-21/h6-11,16,24H,3-5,12-15,17-18H2,1-2H3. The Morgan fingerprint density at radius 1 is 1.10 bits per heavy atom. The predicted molar refractivity (Wildman–Crippen MR) is 118 cm³/mol. The molecule has 0 bridgehead atoms. The van der Waals surface area contributed by atoms with Crippen molar-refractivity contribution < 1.29 is 14.3 Å². The third-order valence-corrected chi connectivity index (χ3v) is 6.38. The fourth-order valence-electron chi connectivity index (χ4n) is 4.55. The van der Waals surface area contributed by atoms with Gasteiger partial charge in [0.25, 0.3) is 0 Å². The summed E-state index contributed by atoms with van der Waals surface area (Å²) in [5.41, 5.74) is 5.20. The lowest BCUT2D eigenvalue weighted by Crippen LogP contribution is -2.44. The van der Waals surface area contributed by atoms with Gasteiger partial charge in [0, 0.05) is 26.7 Å². The lowest BCUT2D eigenvalue weighted by molar-refractivity contribution is -0.130. The summed E-state index contributed by atoms with van der Waals surface area (Å²) in [6.45, 7) is 3.89.